The predicted octanol–water partition coefficient (Wildman–Crippen LogP) is 2.99. The summed E-state index contributed by atoms with van der Waals surface area (Å²) in [5, 5.41) is 16.8. The fourth-order valence-electron chi connectivity index (χ4n) is 3.94. The van der Waals surface area contributed by atoms with E-state index in [2.05, 4.69) is 22.2 Å². The molecule has 36 heavy (non-hydrogen) atoms. The molecule has 0 spiro atoms. The first kappa shape index (κ1) is 24.7. The molecule has 0 unspecified atom stereocenters. The number of hydrogen-bond acceptors (Lipinski definition) is 7. The average molecular weight is 486 g/mol. The molecule has 3 aromatic rings. The molecule has 0 saturated carbocycles. The van der Waals surface area contributed by atoms with E-state index in [-0.39, 0.29) is 24.7 Å². The molecule has 2 amide bonds. The zero-order valence-corrected chi connectivity index (χ0v) is 20.0. The standard InChI is InChI=1S/C27H27N5O4/c1-18(15-28)16-29-26-21-14-20(7-6-19(21)8-9-24(26)35-2)22-4-3-5-23(31-22)27(34)30-17-25(33)32-10-12-36-13-11-32/h3-9,14,29H,1,10-13,16-17H2,2H3,(H,30,34). The molecule has 1 aliphatic heterocycles. The number of nitrogens with one attached hydrogen (secondary N) is 2. The van der Waals surface area contributed by atoms with E-state index >= 15 is 0 Å². The van der Waals surface area contributed by atoms with Crippen LogP contribution < -0.4 is 15.4 Å². The van der Waals surface area contributed by atoms with Crippen molar-refractivity contribution in [2.45, 2.75) is 0 Å². The van der Waals surface area contributed by atoms with E-state index in [4.69, 9.17) is 14.7 Å². The first-order valence-corrected chi connectivity index (χ1v) is 11.5. The van der Waals surface area contributed by atoms with E-state index in [1.807, 2.05) is 42.5 Å². The summed E-state index contributed by atoms with van der Waals surface area (Å²) in [5.41, 5.74) is 2.77. The Bertz CT molecular complexity index is 1340. The summed E-state index contributed by atoms with van der Waals surface area (Å²) in [5.74, 6) is 0.0695. The van der Waals surface area contributed by atoms with Gasteiger partial charge in [-0.3, -0.25) is 9.59 Å². The largest absolute Gasteiger partial charge is 0.495 e. The Hall–Kier alpha value is -4.42. The van der Waals surface area contributed by atoms with Gasteiger partial charge in [-0.1, -0.05) is 30.8 Å². The molecule has 4 rings (SSSR count). The molecular weight excluding hydrogens is 458 g/mol. The van der Waals surface area contributed by atoms with Gasteiger partial charge in [0.1, 0.15) is 11.4 Å². The van der Waals surface area contributed by atoms with E-state index in [9.17, 15) is 9.59 Å². The molecule has 2 N–H and O–H groups in total. The van der Waals surface area contributed by atoms with Crippen LogP contribution in [-0.2, 0) is 9.53 Å². The highest BCUT2D eigenvalue weighted by Crippen LogP contribution is 2.35. The minimum Gasteiger partial charge on any atom is -0.495 e. The summed E-state index contributed by atoms with van der Waals surface area (Å²) < 4.78 is 10.8. The minimum atomic E-state index is -0.418. The fraction of sp³-hybridized carbons (Fsp3) is 0.259. The Morgan fingerprint density at radius 2 is 1.94 bits per heavy atom. The number of nitrogens with zero attached hydrogens (tertiary/aromatic N) is 3. The van der Waals surface area contributed by atoms with Crippen molar-refractivity contribution in [3.05, 3.63) is 66.4 Å². The van der Waals surface area contributed by atoms with Gasteiger partial charge in [-0.05, 0) is 29.7 Å². The molecule has 0 bridgehead atoms. The highest BCUT2D eigenvalue weighted by atomic mass is 16.5. The maximum absolute atomic E-state index is 12.7. The Morgan fingerprint density at radius 3 is 2.69 bits per heavy atom. The van der Waals surface area contributed by atoms with E-state index in [1.165, 1.54) is 0 Å². The molecule has 1 aliphatic rings. The summed E-state index contributed by atoms with van der Waals surface area (Å²) in [6.07, 6.45) is 0. The molecule has 2 aromatic carbocycles. The Morgan fingerprint density at radius 1 is 1.17 bits per heavy atom. The second-order valence-electron chi connectivity index (χ2n) is 8.23. The van der Waals surface area contributed by atoms with E-state index < -0.39 is 5.91 Å². The Kier molecular flexibility index (Phi) is 7.78. The van der Waals surface area contributed by atoms with Crippen molar-refractivity contribution in [3.63, 3.8) is 0 Å². The number of rotatable bonds is 8. The van der Waals surface area contributed by atoms with E-state index in [0.29, 0.717) is 43.3 Å². The number of fused-ring (bicyclic) bond motifs is 1. The number of anilines is 1. The summed E-state index contributed by atoms with van der Waals surface area (Å²) in [6, 6.07) is 16.9. The van der Waals surface area contributed by atoms with Gasteiger partial charge in [0.05, 0.1) is 44.3 Å². The van der Waals surface area contributed by atoms with Crippen LogP contribution in [0.2, 0.25) is 0 Å². The molecule has 0 radical (unpaired) electrons. The van der Waals surface area contributed by atoms with Crippen molar-refractivity contribution in [2.75, 3.05) is 51.8 Å². The van der Waals surface area contributed by atoms with Gasteiger partial charge in [-0.25, -0.2) is 4.98 Å². The van der Waals surface area contributed by atoms with Gasteiger partial charge in [0.2, 0.25) is 5.91 Å². The van der Waals surface area contributed by atoms with E-state index in [1.54, 1.807) is 24.1 Å². The van der Waals surface area contributed by atoms with Crippen LogP contribution >= 0.6 is 0 Å². The number of pyridine rings is 1. The van der Waals surface area contributed by atoms with Gasteiger partial charge in [-0.15, -0.1) is 0 Å². The van der Waals surface area contributed by atoms with Crippen LogP contribution in [0.5, 0.6) is 5.75 Å². The minimum absolute atomic E-state index is 0.0937. The van der Waals surface area contributed by atoms with Crippen molar-refractivity contribution < 1.29 is 19.1 Å². The lowest BCUT2D eigenvalue weighted by Gasteiger charge is -2.26. The van der Waals surface area contributed by atoms with E-state index in [0.717, 1.165) is 22.0 Å². The molecule has 1 fully saturated rings. The summed E-state index contributed by atoms with van der Waals surface area (Å²) >= 11 is 0. The van der Waals surface area contributed by atoms with Crippen molar-refractivity contribution in [3.8, 4) is 23.1 Å². The molecule has 1 saturated heterocycles. The maximum atomic E-state index is 12.7. The number of aromatic nitrogens is 1. The number of carbonyl (C=O) groups excluding carboxylic acids is 2. The predicted molar refractivity (Wildman–Crippen MR) is 137 cm³/mol. The summed E-state index contributed by atoms with van der Waals surface area (Å²) in [4.78, 5) is 31.3. The number of carbonyl (C=O) groups is 2. The number of benzene rings is 2. The molecule has 1 aromatic heterocycles. The normalized spacial score (nSPS) is 13.1. The number of morpholine rings is 1. The first-order chi connectivity index (χ1) is 17.5. The quantitative estimate of drug-likeness (QED) is 0.471. The topological polar surface area (TPSA) is 117 Å². The molecule has 9 nitrogen and oxygen atoms in total. The third-order valence-corrected chi connectivity index (χ3v) is 5.88. The smallest absolute Gasteiger partial charge is 0.270 e. The van der Waals surface area contributed by atoms with Crippen LogP contribution in [0.4, 0.5) is 5.69 Å². The van der Waals surface area contributed by atoms with Crippen LogP contribution in [0.3, 0.4) is 0 Å². The molecule has 184 valence electrons. The van der Waals surface area contributed by atoms with Crippen LogP contribution in [0.15, 0.2) is 60.7 Å². The summed E-state index contributed by atoms with van der Waals surface area (Å²) in [6.45, 7) is 5.98. The number of hydrogen-bond donors (Lipinski definition) is 2. The lowest BCUT2D eigenvalue weighted by atomic mass is 10.0. The lowest BCUT2D eigenvalue weighted by Crippen LogP contribution is -2.45. The van der Waals surface area contributed by atoms with Crippen molar-refractivity contribution >= 4 is 28.3 Å². The lowest BCUT2D eigenvalue weighted by molar-refractivity contribution is -0.134. The fourth-order valence-corrected chi connectivity index (χ4v) is 3.94. The zero-order valence-electron chi connectivity index (χ0n) is 20.0. The highest BCUT2D eigenvalue weighted by Gasteiger charge is 2.18. The zero-order chi connectivity index (χ0) is 25.5. The maximum Gasteiger partial charge on any atom is 0.270 e. The van der Waals surface area contributed by atoms with Crippen molar-refractivity contribution in [1.82, 2.24) is 15.2 Å². The monoisotopic (exact) mass is 485 g/mol. The Balaban J connectivity index is 1.56. The molecule has 2 heterocycles. The van der Waals surface area contributed by atoms with Crippen molar-refractivity contribution in [2.24, 2.45) is 0 Å². The second-order valence-corrected chi connectivity index (χ2v) is 8.23. The molecular formula is C27H27N5O4. The first-order valence-electron chi connectivity index (χ1n) is 11.5. The number of nitriles is 1. The van der Waals surface area contributed by atoms with Gasteiger partial charge in [0.15, 0.2) is 0 Å². The number of methoxy groups -OCH3 is 1. The average Bonchev–Trinajstić information content (AvgIpc) is 2.94. The second kappa shape index (κ2) is 11.3. The third-order valence-electron chi connectivity index (χ3n) is 5.88. The van der Waals surface area contributed by atoms with Crippen molar-refractivity contribution in [1.29, 1.82) is 5.26 Å². The highest BCUT2D eigenvalue weighted by molar-refractivity contribution is 6.00. The number of amides is 2. The summed E-state index contributed by atoms with van der Waals surface area (Å²) in [7, 11) is 1.59. The van der Waals surface area contributed by atoms with Gasteiger partial charge >= 0.3 is 0 Å². The SMILES string of the molecule is C=C(C#N)CNc1c(OC)ccc2ccc(-c3cccc(C(=O)NCC(=O)N4CCOCC4)n3)cc12. The van der Waals surface area contributed by atoms with Gasteiger partial charge in [0, 0.05) is 36.2 Å². The molecule has 9 heteroatoms. The Labute approximate surface area is 209 Å². The molecule has 0 aliphatic carbocycles. The van der Waals surface area contributed by atoms with Crippen LogP contribution in [0.1, 0.15) is 10.5 Å². The van der Waals surface area contributed by atoms with Gasteiger partial charge in [0.25, 0.3) is 5.91 Å². The van der Waals surface area contributed by atoms with Crippen LogP contribution in [0.25, 0.3) is 22.0 Å². The van der Waals surface area contributed by atoms with Crippen LogP contribution in [0, 0.1) is 11.3 Å². The molecule has 0 atom stereocenters. The third kappa shape index (κ3) is 5.62. The van der Waals surface area contributed by atoms with Gasteiger partial charge in [-0.2, -0.15) is 5.26 Å². The van der Waals surface area contributed by atoms with Crippen LogP contribution in [-0.4, -0.2) is 68.2 Å². The number of ether oxygens (including phenoxy) is 2. The van der Waals surface area contributed by atoms with Gasteiger partial charge < -0.3 is 25.0 Å².